The van der Waals surface area contributed by atoms with E-state index in [0.29, 0.717) is 30.8 Å². The van der Waals surface area contributed by atoms with Crippen molar-refractivity contribution in [2.24, 2.45) is 0 Å². The average molecular weight is 425 g/mol. The first kappa shape index (κ1) is 18.7. The Bertz CT molecular complexity index is 1270. The third-order valence-corrected chi connectivity index (χ3v) is 5.96. The molecule has 3 heterocycles. The summed E-state index contributed by atoms with van der Waals surface area (Å²) in [7, 11) is 0. The number of fused-ring (bicyclic) bond motifs is 1. The molecule has 6 nitrogen and oxygen atoms in total. The van der Waals surface area contributed by atoms with E-state index in [1.54, 1.807) is 39.5 Å². The van der Waals surface area contributed by atoms with Crippen LogP contribution in [0.15, 0.2) is 48.0 Å². The van der Waals surface area contributed by atoms with Gasteiger partial charge in [0.2, 0.25) is 0 Å². The molecule has 1 aliphatic rings. The predicted molar refractivity (Wildman–Crippen MR) is 111 cm³/mol. The molecule has 0 unspecified atom stereocenters. The van der Waals surface area contributed by atoms with Crippen LogP contribution in [0.25, 0.3) is 16.6 Å². The number of aryl methyl sites for hydroxylation is 1. The fourth-order valence-electron chi connectivity index (χ4n) is 3.75. The second-order valence-electron chi connectivity index (χ2n) is 7.08. The molecule has 2 aromatic carbocycles. The Morgan fingerprint density at radius 1 is 1.13 bits per heavy atom. The Morgan fingerprint density at radius 3 is 2.77 bits per heavy atom. The lowest BCUT2D eigenvalue weighted by molar-refractivity contribution is 0.218. The number of carbonyl (C=O) groups is 1. The van der Waals surface area contributed by atoms with Gasteiger partial charge in [-0.25, -0.2) is 23.2 Å². The number of hydrogen-bond acceptors (Lipinski definition) is 4. The summed E-state index contributed by atoms with van der Waals surface area (Å²) in [5.74, 6) is -1.35. The standard InChI is InChI=1S/C21H17F2N5OS/c1-13-25-15(12-30-13)11-26-7-8-27(21(26)29)18-3-2-4-19-16(18)10-24-28(19)20-6-5-14(22)9-17(20)23/h2-6,9-10,12H,7-8,11H2,1H3. The van der Waals surface area contributed by atoms with Crippen molar-refractivity contribution >= 4 is 34.0 Å². The van der Waals surface area contributed by atoms with Crippen LogP contribution >= 0.6 is 11.3 Å². The summed E-state index contributed by atoms with van der Waals surface area (Å²) < 4.78 is 29.0. The molecule has 152 valence electrons. The summed E-state index contributed by atoms with van der Waals surface area (Å²) in [6.45, 7) is 3.54. The number of nitrogens with zero attached hydrogens (tertiary/aromatic N) is 5. The molecule has 1 fully saturated rings. The van der Waals surface area contributed by atoms with Gasteiger partial charge in [-0.3, -0.25) is 4.90 Å². The number of urea groups is 1. The van der Waals surface area contributed by atoms with E-state index < -0.39 is 11.6 Å². The highest BCUT2D eigenvalue weighted by molar-refractivity contribution is 7.09. The summed E-state index contributed by atoms with van der Waals surface area (Å²) in [4.78, 5) is 20.9. The van der Waals surface area contributed by atoms with E-state index in [1.165, 1.54) is 16.8 Å². The van der Waals surface area contributed by atoms with Crippen LogP contribution in [0.1, 0.15) is 10.7 Å². The lowest BCUT2D eigenvalue weighted by atomic mass is 10.2. The molecule has 1 aliphatic heterocycles. The highest BCUT2D eigenvalue weighted by Crippen LogP contribution is 2.31. The number of rotatable bonds is 4. The van der Waals surface area contributed by atoms with Crippen molar-refractivity contribution in [2.45, 2.75) is 13.5 Å². The smallest absolute Gasteiger partial charge is 0.317 e. The maximum absolute atomic E-state index is 14.3. The normalized spacial score (nSPS) is 14.3. The van der Waals surface area contributed by atoms with Crippen LogP contribution in [-0.4, -0.2) is 38.8 Å². The fourth-order valence-corrected chi connectivity index (χ4v) is 4.35. The molecule has 1 saturated heterocycles. The third kappa shape index (κ3) is 3.11. The van der Waals surface area contributed by atoms with Gasteiger partial charge in [-0.05, 0) is 31.2 Å². The molecular weight excluding hydrogens is 408 g/mol. The fraction of sp³-hybridized carbons (Fsp3) is 0.190. The van der Waals surface area contributed by atoms with Crippen LogP contribution in [-0.2, 0) is 6.54 Å². The zero-order valence-corrected chi connectivity index (χ0v) is 16.9. The Morgan fingerprint density at radius 2 is 2.00 bits per heavy atom. The molecule has 4 aromatic rings. The number of carbonyl (C=O) groups excluding carboxylic acids is 1. The number of thiazole rings is 1. The van der Waals surface area contributed by atoms with Gasteiger partial charge in [0, 0.05) is 29.9 Å². The molecule has 0 saturated carbocycles. The SMILES string of the molecule is Cc1nc(CN2CCN(c3cccc4c3cnn4-c3ccc(F)cc3F)C2=O)cs1. The van der Waals surface area contributed by atoms with Crippen LogP contribution in [0.4, 0.5) is 19.3 Å². The first-order valence-electron chi connectivity index (χ1n) is 9.41. The van der Waals surface area contributed by atoms with Gasteiger partial charge in [-0.2, -0.15) is 5.10 Å². The number of amides is 2. The maximum Gasteiger partial charge on any atom is 0.324 e. The van der Waals surface area contributed by atoms with Crippen LogP contribution in [0.3, 0.4) is 0 Å². The Kier molecular flexibility index (Phi) is 4.47. The van der Waals surface area contributed by atoms with Crippen molar-refractivity contribution in [1.29, 1.82) is 0 Å². The predicted octanol–water partition coefficient (Wildman–Crippen LogP) is 4.51. The van der Waals surface area contributed by atoms with Crippen molar-refractivity contribution < 1.29 is 13.6 Å². The number of halogens is 2. The van der Waals surface area contributed by atoms with Gasteiger partial charge in [0.05, 0.1) is 34.6 Å². The van der Waals surface area contributed by atoms with Gasteiger partial charge in [-0.15, -0.1) is 11.3 Å². The maximum atomic E-state index is 14.3. The summed E-state index contributed by atoms with van der Waals surface area (Å²) in [6.07, 6.45) is 1.60. The van der Waals surface area contributed by atoms with Crippen LogP contribution < -0.4 is 4.90 Å². The first-order valence-corrected chi connectivity index (χ1v) is 10.3. The summed E-state index contributed by atoms with van der Waals surface area (Å²) >= 11 is 1.56. The van der Waals surface area contributed by atoms with E-state index in [4.69, 9.17) is 0 Å². The quantitative estimate of drug-likeness (QED) is 0.483. The number of benzene rings is 2. The highest BCUT2D eigenvalue weighted by atomic mass is 32.1. The van der Waals surface area contributed by atoms with Gasteiger partial charge in [0.15, 0.2) is 5.82 Å². The minimum Gasteiger partial charge on any atom is -0.317 e. The van der Waals surface area contributed by atoms with Crippen LogP contribution in [0, 0.1) is 18.6 Å². The highest BCUT2D eigenvalue weighted by Gasteiger charge is 2.31. The average Bonchev–Trinajstić information content (AvgIpc) is 3.42. The van der Waals surface area contributed by atoms with Crippen molar-refractivity contribution in [3.8, 4) is 5.69 Å². The zero-order valence-electron chi connectivity index (χ0n) is 16.0. The minimum absolute atomic E-state index is 0.103. The molecule has 0 aliphatic carbocycles. The van der Waals surface area contributed by atoms with E-state index in [9.17, 15) is 13.6 Å². The van der Waals surface area contributed by atoms with Crippen molar-refractivity contribution in [2.75, 3.05) is 18.0 Å². The molecule has 9 heteroatoms. The van der Waals surface area contributed by atoms with Gasteiger partial charge < -0.3 is 4.90 Å². The van der Waals surface area contributed by atoms with Gasteiger partial charge >= 0.3 is 6.03 Å². The Hall–Kier alpha value is -3.33. The van der Waals surface area contributed by atoms with E-state index in [2.05, 4.69) is 10.1 Å². The second-order valence-corrected chi connectivity index (χ2v) is 8.14. The molecule has 0 N–H and O–H groups in total. The molecular formula is C21H17F2N5OS. The lowest BCUT2D eigenvalue weighted by Gasteiger charge is -2.19. The number of hydrogen-bond donors (Lipinski definition) is 0. The minimum atomic E-state index is -0.701. The molecule has 5 rings (SSSR count). The van der Waals surface area contributed by atoms with Crippen molar-refractivity contribution in [1.82, 2.24) is 19.7 Å². The molecule has 0 radical (unpaired) electrons. The molecule has 30 heavy (non-hydrogen) atoms. The topological polar surface area (TPSA) is 54.3 Å². The Balaban J connectivity index is 1.48. The molecule has 2 aromatic heterocycles. The molecule has 0 spiro atoms. The summed E-state index contributed by atoms with van der Waals surface area (Å²) in [6, 6.07) is 8.72. The Labute approximate surface area is 175 Å². The van der Waals surface area contributed by atoms with E-state index in [0.717, 1.165) is 22.2 Å². The molecule has 0 atom stereocenters. The second kappa shape index (κ2) is 7.17. The summed E-state index contributed by atoms with van der Waals surface area (Å²) in [5.41, 5.74) is 2.38. The zero-order chi connectivity index (χ0) is 20.8. The van der Waals surface area contributed by atoms with Gasteiger partial charge in [0.25, 0.3) is 0 Å². The lowest BCUT2D eigenvalue weighted by Crippen LogP contribution is -2.31. The van der Waals surface area contributed by atoms with Crippen molar-refractivity contribution in [3.05, 3.63) is 70.3 Å². The van der Waals surface area contributed by atoms with Gasteiger partial charge in [-0.1, -0.05) is 6.07 Å². The van der Waals surface area contributed by atoms with E-state index >= 15 is 0 Å². The largest absolute Gasteiger partial charge is 0.324 e. The van der Waals surface area contributed by atoms with Crippen molar-refractivity contribution in [3.63, 3.8) is 0 Å². The van der Waals surface area contributed by atoms with Crippen LogP contribution in [0.5, 0.6) is 0 Å². The van der Waals surface area contributed by atoms with E-state index in [1.807, 2.05) is 18.4 Å². The molecule has 2 amide bonds. The van der Waals surface area contributed by atoms with E-state index in [-0.39, 0.29) is 11.7 Å². The molecule has 0 bridgehead atoms. The monoisotopic (exact) mass is 425 g/mol. The van der Waals surface area contributed by atoms with Gasteiger partial charge in [0.1, 0.15) is 11.5 Å². The third-order valence-electron chi connectivity index (χ3n) is 5.13. The first-order chi connectivity index (χ1) is 14.5. The summed E-state index contributed by atoms with van der Waals surface area (Å²) in [5, 5.41) is 7.96. The number of anilines is 1. The van der Waals surface area contributed by atoms with Crippen LogP contribution in [0.2, 0.25) is 0 Å². The number of aromatic nitrogens is 3.